The molecule has 116 valence electrons. The van der Waals surface area contributed by atoms with Gasteiger partial charge in [-0.15, -0.1) is 21.5 Å². The highest BCUT2D eigenvalue weighted by Gasteiger charge is 2.07. The normalized spacial score (nSPS) is 11.0. The van der Waals surface area contributed by atoms with Crippen LogP contribution in [-0.4, -0.2) is 16.1 Å². The molecule has 0 aliphatic heterocycles. The van der Waals surface area contributed by atoms with E-state index in [1.165, 1.54) is 23.0 Å². The van der Waals surface area contributed by atoms with E-state index >= 15 is 0 Å². The van der Waals surface area contributed by atoms with Crippen LogP contribution in [0.3, 0.4) is 0 Å². The highest BCUT2D eigenvalue weighted by molar-refractivity contribution is 8.00. The summed E-state index contributed by atoms with van der Waals surface area (Å²) in [6.45, 7) is 0. The Kier molecular flexibility index (Phi) is 5.57. The molecule has 3 aromatic rings. The maximum absolute atomic E-state index is 11.8. The molecule has 0 aliphatic carbocycles. The fourth-order valence-electron chi connectivity index (χ4n) is 1.73. The summed E-state index contributed by atoms with van der Waals surface area (Å²) in [5.41, 5.74) is 1.23. The van der Waals surface area contributed by atoms with E-state index in [0.29, 0.717) is 5.13 Å². The van der Waals surface area contributed by atoms with Crippen molar-refractivity contribution in [3.63, 3.8) is 0 Å². The number of benzene rings is 1. The first kappa shape index (κ1) is 15.9. The van der Waals surface area contributed by atoms with Crippen LogP contribution in [-0.2, 0) is 10.5 Å². The second kappa shape index (κ2) is 8.05. The number of anilines is 1. The molecule has 0 saturated carbocycles. The molecule has 0 atom stereocenters. The number of thiophene rings is 1. The third-order valence-corrected chi connectivity index (χ3v) is 5.66. The van der Waals surface area contributed by atoms with Crippen molar-refractivity contribution in [3.05, 3.63) is 64.4 Å². The standard InChI is InChI=1S/C16H13N3OS3/c20-14(9-8-13-7-4-10-21-13)17-15-18-19-16(23-15)22-11-12-5-2-1-3-6-12/h1-10H,11H2,(H,17,18,20)/b9-8+. The molecule has 1 N–H and O–H groups in total. The molecule has 1 amide bonds. The Morgan fingerprint density at radius 3 is 2.83 bits per heavy atom. The lowest BCUT2D eigenvalue weighted by Gasteiger charge is -1.97. The Bertz CT molecular complexity index is 782. The van der Waals surface area contributed by atoms with E-state index in [2.05, 4.69) is 27.6 Å². The number of aromatic nitrogens is 2. The predicted molar refractivity (Wildman–Crippen MR) is 97.9 cm³/mol. The summed E-state index contributed by atoms with van der Waals surface area (Å²) in [5.74, 6) is 0.635. The highest BCUT2D eigenvalue weighted by Crippen LogP contribution is 2.28. The molecule has 4 nitrogen and oxygen atoms in total. The number of nitrogens with zero attached hydrogens (tertiary/aromatic N) is 2. The first-order valence-electron chi connectivity index (χ1n) is 6.82. The van der Waals surface area contributed by atoms with Gasteiger partial charge < -0.3 is 0 Å². The summed E-state index contributed by atoms with van der Waals surface area (Å²) >= 11 is 4.58. The Balaban J connectivity index is 1.51. The van der Waals surface area contributed by atoms with Gasteiger partial charge in [-0.1, -0.05) is 59.5 Å². The van der Waals surface area contributed by atoms with E-state index in [4.69, 9.17) is 0 Å². The molecule has 0 unspecified atom stereocenters. The van der Waals surface area contributed by atoms with E-state index in [0.717, 1.165) is 15.0 Å². The van der Waals surface area contributed by atoms with Crippen molar-refractivity contribution in [1.29, 1.82) is 0 Å². The Morgan fingerprint density at radius 1 is 1.17 bits per heavy atom. The summed E-state index contributed by atoms with van der Waals surface area (Å²) in [5, 5.41) is 13.3. The van der Waals surface area contributed by atoms with Crippen molar-refractivity contribution < 1.29 is 4.79 Å². The number of rotatable bonds is 6. The van der Waals surface area contributed by atoms with Crippen LogP contribution >= 0.6 is 34.4 Å². The van der Waals surface area contributed by atoms with Gasteiger partial charge in [-0.2, -0.15) is 0 Å². The first-order chi connectivity index (χ1) is 11.3. The first-order valence-corrected chi connectivity index (χ1v) is 9.50. The van der Waals surface area contributed by atoms with E-state index in [1.54, 1.807) is 29.2 Å². The van der Waals surface area contributed by atoms with Crippen LogP contribution in [0.5, 0.6) is 0 Å². The van der Waals surface area contributed by atoms with Crippen LogP contribution in [0.2, 0.25) is 0 Å². The number of thioether (sulfide) groups is 1. The quantitative estimate of drug-likeness (QED) is 0.399. The van der Waals surface area contributed by atoms with Gasteiger partial charge in [0.15, 0.2) is 4.34 Å². The minimum atomic E-state index is -0.200. The van der Waals surface area contributed by atoms with E-state index < -0.39 is 0 Å². The second-order valence-electron chi connectivity index (χ2n) is 4.49. The Labute approximate surface area is 146 Å². The van der Waals surface area contributed by atoms with Gasteiger partial charge >= 0.3 is 0 Å². The lowest BCUT2D eigenvalue weighted by molar-refractivity contribution is -0.111. The minimum absolute atomic E-state index is 0.200. The number of nitrogens with one attached hydrogen (secondary N) is 1. The van der Waals surface area contributed by atoms with E-state index in [1.807, 2.05) is 35.7 Å². The summed E-state index contributed by atoms with van der Waals surface area (Å²) in [4.78, 5) is 12.9. The number of hydrogen-bond donors (Lipinski definition) is 1. The van der Waals surface area contributed by atoms with E-state index in [9.17, 15) is 4.79 Å². The zero-order valence-electron chi connectivity index (χ0n) is 12.0. The fourth-order valence-corrected chi connectivity index (χ4v) is 4.06. The number of carbonyl (C=O) groups excluding carboxylic acids is 1. The number of carbonyl (C=O) groups is 1. The van der Waals surface area contributed by atoms with Gasteiger partial charge in [0.05, 0.1) is 0 Å². The molecule has 0 fully saturated rings. The van der Waals surface area contributed by atoms with Gasteiger partial charge in [0, 0.05) is 16.7 Å². The largest absolute Gasteiger partial charge is 0.297 e. The monoisotopic (exact) mass is 359 g/mol. The van der Waals surface area contributed by atoms with Crippen LogP contribution in [0.4, 0.5) is 5.13 Å². The maximum Gasteiger partial charge on any atom is 0.250 e. The highest BCUT2D eigenvalue weighted by atomic mass is 32.2. The number of hydrogen-bond acceptors (Lipinski definition) is 6. The van der Waals surface area contributed by atoms with Gasteiger partial charge in [0.25, 0.3) is 0 Å². The van der Waals surface area contributed by atoms with Gasteiger partial charge in [-0.05, 0) is 23.1 Å². The second-order valence-corrected chi connectivity index (χ2v) is 7.66. The zero-order chi connectivity index (χ0) is 15.9. The van der Waals surface area contributed by atoms with Crippen molar-refractivity contribution in [3.8, 4) is 0 Å². The molecule has 0 aliphatic rings. The van der Waals surface area contributed by atoms with Gasteiger partial charge in [-0.3, -0.25) is 10.1 Å². The van der Waals surface area contributed by atoms with Crippen LogP contribution in [0.25, 0.3) is 6.08 Å². The average molecular weight is 360 g/mol. The molecule has 2 aromatic heterocycles. The molecule has 7 heteroatoms. The third-order valence-electron chi connectivity index (χ3n) is 2.78. The molecule has 3 rings (SSSR count). The molecule has 2 heterocycles. The topological polar surface area (TPSA) is 54.9 Å². The molecule has 1 aromatic carbocycles. The van der Waals surface area contributed by atoms with Crippen LogP contribution in [0.1, 0.15) is 10.4 Å². The number of amides is 1. The Morgan fingerprint density at radius 2 is 2.04 bits per heavy atom. The lowest BCUT2D eigenvalue weighted by atomic mass is 10.2. The SMILES string of the molecule is O=C(/C=C/c1cccs1)Nc1nnc(SCc2ccccc2)s1. The molecule has 0 saturated heterocycles. The average Bonchev–Trinajstić information content (AvgIpc) is 3.24. The van der Waals surface area contributed by atoms with Crippen molar-refractivity contribution in [2.24, 2.45) is 0 Å². The molecule has 0 radical (unpaired) electrons. The van der Waals surface area contributed by atoms with Gasteiger partial charge in [0.2, 0.25) is 11.0 Å². The third kappa shape index (κ3) is 5.02. The maximum atomic E-state index is 11.8. The van der Waals surface area contributed by atoms with Crippen molar-refractivity contribution >= 4 is 51.6 Å². The minimum Gasteiger partial charge on any atom is -0.297 e. The fraction of sp³-hybridized carbons (Fsp3) is 0.0625. The van der Waals surface area contributed by atoms with Crippen LogP contribution in [0, 0.1) is 0 Å². The van der Waals surface area contributed by atoms with Crippen LogP contribution < -0.4 is 5.32 Å². The lowest BCUT2D eigenvalue weighted by Crippen LogP contribution is -2.07. The smallest absolute Gasteiger partial charge is 0.250 e. The zero-order valence-corrected chi connectivity index (χ0v) is 14.5. The van der Waals surface area contributed by atoms with Gasteiger partial charge in [0.1, 0.15) is 0 Å². The van der Waals surface area contributed by atoms with Crippen molar-refractivity contribution in [1.82, 2.24) is 10.2 Å². The predicted octanol–water partition coefficient (Wildman–Crippen LogP) is 4.54. The molecular formula is C16H13N3OS3. The Hall–Kier alpha value is -1.96. The summed E-state index contributed by atoms with van der Waals surface area (Å²) in [6.07, 6.45) is 3.29. The van der Waals surface area contributed by atoms with Crippen LogP contribution in [0.15, 0.2) is 58.3 Å². The summed E-state index contributed by atoms with van der Waals surface area (Å²) in [6, 6.07) is 14.1. The molecule has 0 spiro atoms. The molecule has 0 bridgehead atoms. The summed E-state index contributed by atoms with van der Waals surface area (Å²) in [7, 11) is 0. The summed E-state index contributed by atoms with van der Waals surface area (Å²) < 4.78 is 0.839. The molecule has 23 heavy (non-hydrogen) atoms. The molecular weight excluding hydrogens is 346 g/mol. The van der Waals surface area contributed by atoms with E-state index in [-0.39, 0.29) is 5.91 Å². The van der Waals surface area contributed by atoms with Gasteiger partial charge in [-0.25, -0.2) is 0 Å². The van der Waals surface area contributed by atoms with Crippen molar-refractivity contribution in [2.45, 2.75) is 10.1 Å². The van der Waals surface area contributed by atoms with Crippen molar-refractivity contribution in [2.75, 3.05) is 5.32 Å².